The summed E-state index contributed by atoms with van der Waals surface area (Å²) in [5, 5.41) is 5.25. The zero-order chi connectivity index (χ0) is 18.4. The van der Waals surface area contributed by atoms with E-state index in [1.54, 1.807) is 0 Å². The summed E-state index contributed by atoms with van der Waals surface area (Å²) in [6.45, 7) is 4.91. The summed E-state index contributed by atoms with van der Waals surface area (Å²) in [6, 6.07) is 7.43. The second-order valence-electron chi connectivity index (χ2n) is 6.54. The molecule has 4 amide bonds. The Hall–Kier alpha value is -2.41. The molecule has 0 bridgehead atoms. The molecule has 25 heavy (non-hydrogen) atoms. The highest BCUT2D eigenvalue weighted by molar-refractivity contribution is 6.01. The van der Waals surface area contributed by atoms with Gasteiger partial charge in [-0.05, 0) is 23.5 Å². The predicted molar refractivity (Wildman–Crippen MR) is 94.8 cm³/mol. The molecule has 0 aliphatic carbocycles. The lowest BCUT2D eigenvalue weighted by Gasteiger charge is -2.15. The Labute approximate surface area is 147 Å². The van der Waals surface area contributed by atoms with Crippen molar-refractivity contribution < 1.29 is 14.4 Å². The third kappa shape index (κ3) is 5.29. The topological polar surface area (TPSA) is 105 Å². The fourth-order valence-electron chi connectivity index (χ4n) is 2.64. The maximum absolute atomic E-state index is 11.9. The Morgan fingerprint density at radius 3 is 2.44 bits per heavy atom. The first-order chi connectivity index (χ1) is 11.9. The summed E-state index contributed by atoms with van der Waals surface area (Å²) in [6.07, 6.45) is 0.680. The average molecular weight is 346 g/mol. The van der Waals surface area contributed by atoms with Gasteiger partial charge in [0.05, 0.1) is 6.54 Å². The summed E-state index contributed by atoms with van der Waals surface area (Å²) < 4.78 is 0. The first-order valence-electron chi connectivity index (χ1n) is 8.59. The van der Waals surface area contributed by atoms with Gasteiger partial charge in [-0.15, -0.1) is 0 Å². The van der Waals surface area contributed by atoms with E-state index < -0.39 is 6.03 Å². The second kappa shape index (κ2) is 8.62. The molecular formula is C18H26N4O3. The van der Waals surface area contributed by atoms with Crippen molar-refractivity contribution in [3.63, 3.8) is 0 Å². The number of nitrogens with two attached hydrogens (primary N) is 1. The normalized spacial score (nSPS) is 15.4. The van der Waals surface area contributed by atoms with Crippen molar-refractivity contribution in [2.24, 2.45) is 5.73 Å². The van der Waals surface area contributed by atoms with E-state index in [4.69, 9.17) is 5.73 Å². The van der Waals surface area contributed by atoms with Gasteiger partial charge >= 0.3 is 6.03 Å². The highest BCUT2D eigenvalue weighted by Gasteiger charge is 2.27. The number of hydrogen-bond donors (Lipinski definition) is 3. The van der Waals surface area contributed by atoms with E-state index in [-0.39, 0.29) is 37.4 Å². The number of nitrogens with zero attached hydrogens (tertiary/aromatic N) is 1. The summed E-state index contributed by atoms with van der Waals surface area (Å²) in [5.41, 5.74) is 8.34. The summed E-state index contributed by atoms with van der Waals surface area (Å²) in [7, 11) is 0. The monoisotopic (exact) mass is 346 g/mol. The van der Waals surface area contributed by atoms with Crippen LogP contribution in [0, 0.1) is 0 Å². The van der Waals surface area contributed by atoms with Gasteiger partial charge in [-0.3, -0.25) is 14.5 Å². The van der Waals surface area contributed by atoms with E-state index in [1.165, 1.54) is 5.56 Å². The van der Waals surface area contributed by atoms with Gasteiger partial charge < -0.3 is 16.4 Å². The lowest BCUT2D eigenvalue weighted by molar-refractivity contribution is -0.126. The molecule has 1 aromatic carbocycles. The van der Waals surface area contributed by atoms with Crippen molar-refractivity contribution in [3.05, 3.63) is 35.4 Å². The van der Waals surface area contributed by atoms with Crippen LogP contribution in [0.3, 0.4) is 0 Å². The largest absolute Gasteiger partial charge is 0.354 e. The third-order valence-electron chi connectivity index (χ3n) is 4.27. The summed E-state index contributed by atoms with van der Waals surface area (Å²) >= 11 is 0. The fourth-order valence-corrected chi connectivity index (χ4v) is 2.64. The molecule has 1 saturated heterocycles. The van der Waals surface area contributed by atoms with E-state index in [0.717, 1.165) is 10.5 Å². The summed E-state index contributed by atoms with van der Waals surface area (Å²) in [4.78, 5) is 35.8. The van der Waals surface area contributed by atoms with Gasteiger partial charge in [0.25, 0.3) is 0 Å². The molecule has 0 saturated carbocycles. The van der Waals surface area contributed by atoms with Crippen LogP contribution in [0.1, 0.15) is 49.8 Å². The molecule has 1 aliphatic heterocycles. The Bertz CT molecular complexity index is 612. The van der Waals surface area contributed by atoms with Crippen LogP contribution in [0.5, 0.6) is 0 Å². The molecule has 0 spiro atoms. The Kier molecular flexibility index (Phi) is 6.52. The van der Waals surface area contributed by atoms with Crippen molar-refractivity contribution in [2.75, 3.05) is 19.6 Å². The fraction of sp³-hybridized carbons (Fsp3) is 0.500. The standard InChI is InChI=1S/C18H26N4O3/c1-12(2)13-5-7-14(8-6-13)15(19)10-20-16(23)4-3-9-22-17(24)11-21-18(22)25/h5-8,12,15H,3-4,9-11,19H2,1-2H3,(H,20,23)(H,21,25). The highest BCUT2D eigenvalue weighted by Crippen LogP contribution is 2.17. The van der Waals surface area contributed by atoms with Crippen molar-refractivity contribution in [3.8, 4) is 0 Å². The molecule has 1 aliphatic rings. The molecule has 1 unspecified atom stereocenters. The smallest absolute Gasteiger partial charge is 0.324 e. The van der Waals surface area contributed by atoms with Crippen LogP contribution in [0.2, 0.25) is 0 Å². The van der Waals surface area contributed by atoms with Crippen LogP contribution in [-0.4, -0.2) is 42.4 Å². The molecule has 0 aromatic heterocycles. The number of rotatable bonds is 8. The number of hydrogen-bond acceptors (Lipinski definition) is 4. The van der Waals surface area contributed by atoms with E-state index >= 15 is 0 Å². The lowest BCUT2D eigenvalue weighted by Crippen LogP contribution is -2.34. The number of carbonyl (C=O) groups excluding carboxylic acids is 3. The molecular weight excluding hydrogens is 320 g/mol. The van der Waals surface area contributed by atoms with Gasteiger partial charge in [0.2, 0.25) is 11.8 Å². The number of benzene rings is 1. The maximum atomic E-state index is 11.9. The van der Waals surface area contributed by atoms with E-state index in [0.29, 0.717) is 18.9 Å². The van der Waals surface area contributed by atoms with Gasteiger partial charge in [0.1, 0.15) is 0 Å². The van der Waals surface area contributed by atoms with Crippen molar-refractivity contribution in [2.45, 2.75) is 38.6 Å². The van der Waals surface area contributed by atoms with E-state index in [1.807, 2.05) is 12.1 Å². The molecule has 136 valence electrons. The predicted octanol–water partition coefficient (Wildman–Crippen LogP) is 1.26. The molecule has 7 heteroatoms. The second-order valence-corrected chi connectivity index (χ2v) is 6.54. The molecule has 2 rings (SSSR count). The molecule has 1 aromatic rings. The molecule has 0 radical (unpaired) electrons. The molecule has 1 fully saturated rings. The van der Waals surface area contributed by atoms with Gasteiger partial charge in [-0.1, -0.05) is 38.1 Å². The minimum Gasteiger partial charge on any atom is -0.354 e. The molecule has 7 nitrogen and oxygen atoms in total. The molecule has 1 atom stereocenters. The van der Waals surface area contributed by atoms with Gasteiger partial charge in [0, 0.05) is 25.6 Å². The van der Waals surface area contributed by atoms with Crippen LogP contribution in [0.15, 0.2) is 24.3 Å². The van der Waals surface area contributed by atoms with Crippen LogP contribution in [-0.2, 0) is 9.59 Å². The first kappa shape index (κ1) is 18.9. The van der Waals surface area contributed by atoms with Crippen molar-refractivity contribution in [1.82, 2.24) is 15.5 Å². The Morgan fingerprint density at radius 2 is 1.88 bits per heavy atom. The number of carbonyl (C=O) groups is 3. The Morgan fingerprint density at radius 1 is 1.24 bits per heavy atom. The van der Waals surface area contributed by atoms with Gasteiger partial charge in [0.15, 0.2) is 0 Å². The van der Waals surface area contributed by atoms with Crippen LogP contribution < -0.4 is 16.4 Å². The van der Waals surface area contributed by atoms with Gasteiger partial charge in [-0.2, -0.15) is 0 Å². The third-order valence-corrected chi connectivity index (χ3v) is 4.27. The number of imide groups is 1. The van der Waals surface area contributed by atoms with Crippen LogP contribution in [0.4, 0.5) is 4.79 Å². The van der Waals surface area contributed by atoms with E-state index in [2.05, 4.69) is 36.6 Å². The minimum atomic E-state index is -0.391. The number of nitrogens with one attached hydrogen (secondary N) is 2. The lowest BCUT2D eigenvalue weighted by atomic mass is 9.99. The number of urea groups is 1. The number of amides is 4. The first-order valence-corrected chi connectivity index (χ1v) is 8.59. The van der Waals surface area contributed by atoms with Gasteiger partial charge in [-0.25, -0.2) is 4.79 Å². The molecule has 1 heterocycles. The zero-order valence-corrected chi connectivity index (χ0v) is 14.7. The SMILES string of the molecule is CC(C)c1ccc(C(N)CNC(=O)CCCN2C(=O)CNC2=O)cc1. The van der Waals surface area contributed by atoms with Crippen molar-refractivity contribution in [1.29, 1.82) is 0 Å². The van der Waals surface area contributed by atoms with Crippen LogP contribution in [0.25, 0.3) is 0 Å². The van der Waals surface area contributed by atoms with E-state index in [9.17, 15) is 14.4 Å². The Balaban J connectivity index is 1.70. The quantitative estimate of drug-likeness (QED) is 0.616. The maximum Gasteiger partial charge on any atom is 0.324 e. The molecule has 4 N–H and O–H groups in total. The van der Waals surface area contributed by atoms with Crippen LogP contribution >= 0.6 is 0 Å². The van der Waals surface area contributed by atoms with Crippen molar-refractivity contribution >= 4 is 17.8 Å². The average Bonchev–Trinajstić information content (AvgIpc) is 2.91. The summed E-state index contributed by atoms with van der Waals surface area (Å²) in [5.74, 6) is 0.0770. The minimum absolute atomic E-state index is 0.0372. The highest BCUT2D eigenvalue weighted by atomic mass is 16.2. The zero-order valence-electron chi connectivity index (χ0n) is 14.7.